The summed E-state index contributed by atoms with van der Waals surface area (Å²) in [5.41, 5.74) is 2.11. The lowest BCUT2D eigenvalue weighted by Gasteiger charge is -2.10. The summed E-state index contributed by atoms with van der Waals surface area (Å²) in [4.78, 5) is 0. The van der Waals surface area contributed by atoms with Crippen molar-refractivity contribution in [2.75, 3.05) is 11.8 Å². The molecular formula is C12H15BrN4O2S. The van der Waals surface area contributed by atoms with Crippen molar-refractivity contribution in [2.24, 2.45) is 0 Å². The number of sulfonamides is 1. The van der Waals surface area contributed by atoms with Crippen LogP contribution in [0, 0.1) is 6.92 Å². The third kappa shape index (κ3) is 3.20. The molecule has 0 atom stereocenters. The second-order valence-corrected chi connectivity index (χ2v) is 6.82. The summed E-state index contributed by atoms with van der Waals surface area (Å²) in [5.74, 6) is 0. The van der Waals surface area contributed by atoms with E-state index in [4.69, 9.17) is 0 Å². The smallest absolute Gasteiger partial charge is 0.279 e. The molecule has 2 rings (SSSR count). The largest absolute Gasteiger partial charge is 0.316 e. The number of aryl methyl sites for hydroxylation is 1. The van der Waals surface area contributed by atoms with E-state index in [0.717, 1.165) is 5.56 Å². The Morgan fingerprint density at radius 2 is 2.15 bits per heavy atom. The lowest BCUT2D eigenvalue weighted by molar-refractivity contribution is 0.595. The van der Waals surface area contributed by atoms with Crippen molar-refractivity contribution >= 4 is 31.6 Å². The second-order valence-electron chi connectivity index (χ2n) is 4.34. The fraction of sp³-hybridized carbons (Fsp3) is 0.250. The lowest BCUT2D eigenvalue weighted by Crippen LogP contribution is -2.17. The molecule has 1 aromatic heterocycles. The summed E-state index contributed by atoms with van der Waals surface area (Å²) in [6, 6.07) is 5.40. The number of benzene rings is 1. The van der Waals surface area contributed by atoms with Gasteiger partial charge < -0.3 is 5.32 Å². The van der Waals surface area contributed by atoms with Gasteiger partial charge in [-0.2, -0.15) is 13.5 Å². The van der Waals surface area contributed by atoms with Crippen LogP contribution in [0.5, 0.6) is 0 Å². The molecule has 3 N–H and O–H groups in total. The maximum absolute atomic E-state index is 12.4. The maximum atomic E-state index is 12.4. The molecule has 6 nitrogen and oxygen atoms in total. The van der Waals surface area contributed by atoms with Crippen LogP contribution in [0.4, 0.5) is 5.69 Å². The fourth-order valence-corrected chi connectivity index (χ4v) is 3.68. The maximum Gasteiger partial charge on any atom is 0.279 e. The summed E-state index contributed by atoms with van der Waals surface area (Å²) in [7, 11) is -1.95. The van der Waals surface area contributed by atoms with Crippen LogP contribution in [0.15, 0.2) is 33.9 Å². The van der Waals surface area contributed by atoms with Crippen LogP contribution in [0.2, 0.25) is 0 Å². The van der Waals surface area contributed by atoms with E-state index in [1.165, 1.54) is 6.20 Å². The van der Waals surface area contributed by atoms with Crippen molar-refractivity contribution in [3.63, 3.8) is 0 Å². The topological polar surface area (TPSA) is 86.9 Å². The van der Waals surface area contributed by atoms with Crippen LogP contribution < -0.4 is 10.0 Å². The summed E-state index contributed by atoms with van der Waals surface area (Å²) in [6.07, 6.45) is 1.50. The average molecular weight is 359 g/mol. The van der Waals surface area contributed by atoms with Crippen LogP contribution in [0.3, 0.4) is 0 Å². The minimum atomic E-state index is -3.70. The Kier molecular flexibility index (Phi) is 4.46. The summed E-state index contributed by atoms with van der Waals surface area (Å²) in [5, 5.41) is 9.29. The highest BCUT2D eigenvalue weighted by Gasteiger charge is 2.21. The normalized spacial score (nSPS) is 11.6. The van der Waals surface area contributed by atoms with Gasteiger partial charge >= 0.3 is 0 Å². The highest BCUT2D eigenvalue weighted by Crippen LogP contribution is 2.26. The van der Waals surface area contributed by atoms with E-state index in [-0.39, 0.29) is 5.03 Å². The van der Waals surface area contributed by atoms with Crippen molar-refractivity contribution < 1.29 is 8.42 Å². The van der Waals surface area contributed by atoms with E-state index in [2.05, 4.69) is 36.2 Å². The number of nitrogens with one attached hydrogen (secondary N) is 3. The van der Waals surface area contributed by atoms with Gasteiger partial charge in [0, 0.05) is 16.6 Å². The highest BCUT2D eigenvalue weighted by atomic mass is 79.9. The monoisotopic (exact) mass is 358 g/mol. The number of hydrogen-bond acceptors (Lipinski definition) is 4. The van der Waals surface area contributed by atoms with Crippen LogP contribution in [-0.2, 0) is 16.6 Å². The predicted octanol–water partition coefficient (Wildman–Crippen LogP) is 2.00. The van der Waals surface area contributed by atoms with Gasteiger partial charge in [0.25, 0.3) is 10.0 Å². The van der Waals surface area contributed by atoms with Gasteiger partial charge in [-0.05, 0) is 47.6 Å². The molecule has 0 amide bonds. The number of nitrogens with zero attached hydrogens (tertiary/aromatic N) is 1. The van der Waals surface area contributed by atoms with E-state index in [0.29, 0.717) is 22.3 Å². The van der Waals surface area contributed by atoms with Crippen molar-refractivity contribution in [1.29, 1.82) is 0 Å². The van der Waals surface area contributed by atoms with Gasteiger partial charge in [0.1, 0.15) is 0 Å². The first-order valence-corrected chi connectivity index (χ1v) is 8.17. The molecule has 0 aliphatic carbocycles. The standard InChI is InChI=1S/C12H15BrN4O2S/c1-8-3-4-11(10(13)5-8)17-20(18,19)12-9(6-14-2)7-15-16-12/h3-5,7,14,17H,6H2,1-2H3,(H,15,16). The quantitative estimate of drug-likeness (QED) is 0.762. The van der Waals surface area contributed by atoms with Gasteiger partial charge in [-0.25, -0.2) is 0 Å². The number of hydrogen-bond donors (Lipinski definition) is 3. The molecule has 2 aromatic rings. The van der Waals surface area contributed by atoms with Crippen LogP contribution >= 0.6 is 15.9 Å². The first kappa shape index (κ1) is 15.0. The molecule has 1 heterocycles. The van der Waals surface area contributed by atoms with E-state index in [1.54, 1.807) is 13.1 Å². The van der Waals surface area contributed by atoms with Crippen molar-refractivity contribution in [1.82, 2.24) is 15.5 Å². The second kappa shape index (κ2) is 5.94. The van der Waals surface area contributed by atoms with Crippen molar-refractivity contribution in [2.45, 2.75) is 18.5 Å². The zero-order valence-electron chi connectivity index (χ0n) is 11.1. The highest BCUT2D eigenvalue weighted by molar-refractivity contribution is 9.10. The molecule has 8 heteroatoms. The Morgan fingerprint density at radius 1 is 1.40 bits per heavy atom. The number of anilines is 1. The zero-order chi connectivity index (χ0) is 14.8. The molecule has 0 bridgehead atoms. The molecule has 0 saturated carbocycles. The number of rotatable bonds is 5. The van der Waals surface area contributed by atoms with Gasteiger partial charge in [0.05, 0.1) is 11.9 Å². The van der Waals surface area contributed by atoms with E-state index >= 15 is 0 Å². The van der Waals surface area contributed by atoms with E-state index in [9.17, 15) is 8.42 Å². The third-order valence-electron chi connectivity index (χ3n) is 2.68. The molecule has 0 spiro atoms. The average Bonchev–Trinajstić information content (AvgIpc) is 2.82. The van der Waals surface area contributed by atoms with Crippen molar-refractivity contribution in [3.05, 3.63) is 40.0 Å². The van der Waals surface area contributed by atoms with Crippen LogP contribution in [-0.4, -0.2) is 25.7 Å². The SMILES string of the molecule is CNCc1cn[nH]c1S(=O)(=O)Nc1ccc(C)cc1Br. The van der Waals surface area contributed by atoms with Crippen molar-refractivity contribution in [3.8, 4) is 0 Å². The number of halogens is 1. The Hall–Kier alpha value is -1.38. The Balaban J connectivity index is 2.33. The van der Waals surface area contributed by atoms with Crippen LogP contribution in [0.25, 0.3) is 0 Å². The van der Waals surface area contributed by atoms with Gasteiger partial charge in [0.15, 0.2) is 5.03 Å². The Labute approximate surface area is 126 Å². The van der Waals surface area contributed by atoms with Gasteiger partial charge in [-0.1, -0.05) is 6.07 Å². The minimum Gasteiger partial charge on any atom is -0.316 e. The molecule has 1 aromatic carbocycles. The molecule has 0 fully saturated rings. The van der Waals surface area contributed by atoms with Gasteiger partial charge in [-0.15, -0.1) is 0 Å². The summed E-state index contributed by atoms with van der Waals surface area (Å²) < 4.78 is 28.0. The molecular weight excluding hydrogens is 344 g/mol. The Morgan fingerprint density at radius 3 is 2.80 bits per heavy atom. The molecule has 0 unspecified atom stereocenters. The number of aromatic amines is 1. The summed E-state index contributed by atoms with van der Waals surface area (Å²) >= 11 is 3.35. The molecule has 0 saturated heterocycles. The Bertz CT molecular complexity index is 712. The molecule has 0 radical (unpaired) electrons. The number of aromatic nitrogens is 2. The van der Waals surface area contributed by atoms with Gasteiger partial charge in [-0.3, -0.25) is 9.82 Å². The predicted molar refractivity (Wildman–Crippen MR) is 81.0 cm³/mol. The first-order chi connectivity index (χ1) is 9.44. The first-order valence-electron chi connectivity index (χ1n) is 5.90. The minimum absolute atomic E-state index is 0.0688. The van der Waals surface area contributed by atoms with E-state index < -0.39 is 10.0 Å². The van der Waals surface area contributed by atoms with Gasteiger partial charge in [0.2, 0.25) is 0 Å². The molecule has 108 valence electrons. The molecule has 20 heavy (non-hydrogen) atoms. The van der Waals surface area contributed by atoms with E-state index in [1.807, 2.05) is 19.1 Å². The summed E-state index contributed by atoms with van der Waals surface area (Å²) in [6.45, 7) is 2.35. The molecule has 0 aliphatic heterocycles. The fourth-order valence-electron chi connectivity index (χ4n) is 1.75. The van der Waals surface area contributed by atoms with Crippen LogP contribution in [0.1, 0.15) is 11.1 Å². The number of H-pyrrole nitrogens is 1. The lowest BCUT2D eigenvalue weighted by atomic mass is 10.2. The zero-order valence-corrected chi connectivity index (χ0v) is 13.5. The third-order valence-corrected chi connectivity index (χ3v) is 4.72. The molecule has 0 aliphatic rings.